The predicted octanol–water partition coefficient (Wildman–Crippen LogP) is 2.72. The maximum absolute atomic E-state index is 13.6. The van der Waals surface area contributed by atoms with Crippen LogP contribution in [0.5, 0.6) is 0 Å². The summed E-state index contributed by atoms with van der Waals surface area (Å²) < 4.78 is 0. The van der Waals surface area contributed by atoms with Gasteiger partial charge < -0.3 is 15.7 Å². The maximum atomic E-state index is 13.6. The smallest absolute Gasteiger partial charge is 0.335 e. The van der Waals surface area contributed by atoms with E-state index < -0.39 is 12.0 Å². The monoisotopic (exact) mass is 455 g/mol. The first-order chi connectivity index (χ1) is 16.0. The van der Waals surface area contributed by atoms with Crippen molar-refractivity contribution < 1.29 is 19.5 Å². The molecule has 3 N–H and O–H groups in total. The van der Waals surface area contributed by atoms with E-state index in [0.29, 0.717) is 25.4 Å². The molecule has 1 aliphatic carbocycles. The lowest BCUT2D eigenvalue weighted by Gasteiger charge is -2.33. The van der Waals surface area contributed by atoms with Gasteiger partial charge in [0, 0.05) is 24.9 Å². The van der Waals surface area contributed by atoms with E-state index in [4.69, 9.17) is 10.8 Å². The highest BCUT2D eigenvalue weighted by Gasteiger charge is 2.43. The molecule has 1 saturated carbocycles. The number of amides is 1. The van der Waals surface area contributed by atoms with Crippen molar-refractivity contribution in [2.45, 2.75) is 69.9 Å². The Morgan fingerprint density at radius 1 is 0.970 bits per heavy atom. The number of carbonyl (C=O) groups excluding carboxylic acids is 2. The van der Waals surface area contributed by atoms with Crippen molar-refractivity contribution in [3.05, 3.63) is 35.4 Å². The Labute approximate surface area is 196 Å². The lowest BCUT2D eigenvalue weighted by atomic mass is 9.81. The van der Waals surface area contributed by atoms with Crippen LogP contribution in [0.2, 0.25) is 0 Å². The molecule has 0 spiro atoms. The molecule has 1 aromatic carbocycles. The summed E-state index contributed by atoms with van der Waals surface area (Å²) in [6.45, 7) is 3.42. The largest absolute Gasteiger partial charge is 0.478 e. The van der Waals surface area contributed by atoms with Crippen LogP contribution in [0, 0.1) is 11.8 Å². The van der Waals surface area contributed by atoms with E-state index in [2.05, 4.69) is 4.90 Å². The molecule has 0 bridgehead atoms. The third-order valence-corrected chi connectivity index (χ3v) is 7.95. The molecule has 0 aromatic heterocycles. The standard InChI is InChI=1S/C26H37N3O4/c27-16-19-6-8-20(9-7-19)25(31)29-17-22(28-12-2-1-3-13-28)15-23(29)24(30)14-18-4-10-21(11-5-18)26(32)33/h4-5,10-11,19-20,22-23H,1-3,6-9,12-17,27H2,(H,32,33)/t19?,20?,22-,23?/m0/s1. The molecule has 33 heavy (non-hydrogen) atoms. The van der Waals surface area contributed by atoms with Crippen LogP contribution in [0.15, 0.2) is 24.3 Å². The van der Waals surface area contributed by atoms with Gasteiger partial charge in [-0.3, -0.25) is 14.5 Å². The zero-order chi connectivity index (χ0) is 23.4. The number of hydrogen-bond donors (Lipinski definition) is 2. The first-order valence-electron chi connectivity index (χ1n) is 12.6. The van der Waals surface area contributed by atoms with Crippen LogP contribution in [0.4, 0.5) is 0 Å². The van der Waals surface area contributed by atoms with Crippen LogP contribution in [-0.2, 0) is 16.0 Å². The van der Waals surface area contributed by atoms with Crippen LogP contribution < -0.4 is 5.73 Å². The Bertz CT molecular complexity index is 842. The second-order valence-corrected chi connectivity index (χ2v) is 10.1. The number of carbonyl (C=O) groups is 3. The molecule has 3 aliphatic rings. The van der Waals surface area contributed by atoms with E-state index in [-0.39, 0.29) is 35.6 Å². The lowest BCUT2D eigenvalue weighted by Crippen LogP contribution is -2.46. The van der Waals surface area contributed by atoms with Crippen LogP contribution in [0.3, 0.4) is 0 Å². The Balaban J connectivity index is 1.47. The van der Waals surface area contributed by atoms with E-state index in [1.807, 2.05) is 4.90 Å². The second kappa shape index (κ2) is 10.8. The molecule has 1 aromatic rings. The summed E-state index contributed by atoms with van der Waals surface area (Å²) in [6, 6.07) is 6.34. The van der Waals surface area contributed by atoms with Gasteiger partial charge in [0.15, 0.2) is 5.78 Å². The van der Waals surface area contributed by atoms with Crippen molar-refractivity contribution in [3.63, 3.8) is 0 Å². The van der Waals surface area contributed by atoms with E-state index >= 15 is 0 Å². The molecule has 180 valence electrons. The molecule has 4 rings (SSSR count). The number of benzene rings is 1. The summed E-state index contributed by atoms with van der Waals surface area (Å²) in [7, 11) is 0. The number of piperidine rings is 1. The molecule has 2 saturated heterocycles. The number of Topliss-reactive ketones (excluding diaryl/α,β-unsaturated/α-hetero) is 1. The minimum absolute atomic E-state index is 0.00180. The number of ketones is 1. The zero-order valence-corrected chi connectivity index (χ0v) is 19.5. The molecule has 2 heterocycles. The Morgan fingerprint density at radius 2 is 1.64 bits per heavy atom. The fourth-order valence-corrected chi connectivity index (χ4v) is 5.87. The minimum atomic E-state index is -0.978. The van der Waals surface area contributed by atoms with Gasteiger partial charge in [-0.25, -0.2) is 4.79 Å². The zero-order valence-electron chi connectivity index (χ0n) is 19.5. The molecule has 3 fully saturated rings. The number of nitrogens with zero attached hydrogens (tertiary/aromatic N) is 2. The maximum Gasteiger partial charge on any atom is 0.335 e. The quantitative estimate of drug-likeness (QED) is 0.655. The molecule has 2 atom stereocenters. The number of carboxylic acids is 1. The first-order valence-corrected chi connectivity index (χ1v) is 12.6. The highest BCUT2D eigenvalue weighted by molar-refractivity contribution is 5.92. The van der Waals surface area contributed by atoms with Gasteiger partial charge in [-0.05, 0) is 88.2 Å². The normalized spacial score (nSPS) is 28.6. The van der Waals surface area contributed by atoms with E-state index in [1.54, 1.807) is 12.1 Å². The molecular weight excluding hydrogens is 418 g/mol. The van der Waals surface area contributed by atoms with Crippen LogP contribution in [0.25, 0.3) is 0 Å². The van der Waals surface area contributed by atoms with E-state index in [9.17, 15) is 14.4 Å². The van der Waals surface area contributed by atoms with Crippen molar-refractivity contribution in [3.8, 4) is 0 Å². The van der Waals surface area contributed by atoms with Crippen molar-refractivity contribution >= 4 is 17.7 Å². The average Bonchev–Trinajstić information content (AvgIpc) is 3.30. The van der Waals surface area contributed by atoms with E-state index in [1.165, 1.54) is 31.4 Å². The third-order valence-electron chi connectivity index (χ3n) is 7.95. The number of likely N-dealkylation sites (tertiary alicyclic amines) is 2. The van der Waals surface area contributed by atoms with Crippen molar-refractivity contribution in [2.24, 2.45) is 17.6 Å². The summed E-state index contributed by atoms with van der Waals surface area (Å²) in [5, 5.41) is 9.11. The number of aromatic carboxylic acids is 1. The first kappa shape index (κ1) is 23.9. The molecule has 1 unspecified atom stereocenters. The highest BCUT2D eigenvalue weighted by Crippen LogP contribution is 2.33. The summed E-state index contributed by atoms with van der Waals surface area (Å²) in [6.07, 6.45) is 8.26. The average molecular weight is 456 g/mol. The highest BCUT2D eigenvalue weighted by atomic mass is 16.4. The van der Waals surface area contributed by atoms with Gasteiger partial charge in [-0.15, -0.1) is 0 Å². The number of carboxylic acid groups (broad SMARTS) is 1. The fourth-order valence-electron chi connectivity index (χ4n) is 5.87. The van der Waals surface area contributed by atoms with Crippen LogP contribution in [0.1, 0.15) is 67.3 Å². The van der Waals surface area contributed by atoms with Gasteiger partial charge in [-0.1, -0.05) is 18.6 Å². The predicted molar refractivity (Wildman–Crippen MR) is 126 cm³/mol. The van der Waals surface area contributed by atoms with Crippen LogP contribution >= 0.6 is 0 Å². The van der Waals surface area contributed by atoms with Gasteiger partial charge in [0.2, 0.25) is 5.91 Å². The summed E-state index contributed by atoms with van der Waals surface area (Å²) in [5.41, 5.74) is 6.83. The second-order valence-electron chi connectivity index (χ2n) is 10.1. The van der Waals surface area contributed by atoms with Crippen LogP contribution in [-0.4, -0.2) is 70.8 Å². The topological polar surface area (TPSA) is 104 Å². The Kier molecular flexibility index (Phi) is 7.81. The lowest BCUT2D eigenvalue weighted by molar-refractivity contribution is -0.142. The summed E-state index contributed by atoms with van der Waals surface area (Å²) >= 11 is 0. The molecule has 1 amide bonds. The van der Waals surface area contributed by atoms with Gasteiger partial charge in [-0.2, -0.15) is 0 Å². The molecule has 7 nitrogen and oxygen atoms in total. The molecule has 0 radical (unpaired) electrons. The van der Waals surface area contributed by atoms with Gasteiger partial charge in [0.25, 0.3) is 0 Å². The Hall–Kier alpha value is -2.25. The van der Waals surface area contributed by atoms with E-state index in [0.717, 1.165) is 44.3 Å². The molecule has 2 aliphatic heterocycles. The number of rotatable bonds is 7. The fraction of sp³-hybridized carbons (Fsp3) is 0.654. The van der Waals surface area contributed by atoms with Crippen molar-refractivity contribution in [1.29, 1.82) is 0 Å². The van der Waals surface area contributed by atoms with Gasteiger partial charge >= 0.3 is 5.97 Å². The molecular formula is C26H37N3O4. The summed E-state index contributed by atoms with van der Waals surface area (Å²) in [5.74, 6) is -0.265. The van der Waals surface area contributed by atoms with Gasteiger partial charge in [0.05, 0.1) is 11.6 Å². The SMILES string of the molecule is NCC1CCC(C(=O)N2C[C@@H](N3CCCCC3)CC2C(=O)Cc2ccc(C(=O)O)cc2)CC1. The minimum Gasteiger partial charge on any atom is -0.478 e. The van der Waals surface area contributed by atoms with Crippen molar-refractivity contribution in [2.75, 3.05) is 26.2 Å². The van der Waals surface area contributed by atoms with Gasteiger partial charge in [0.1, 0.15) is 0 Å². The number of nitrogens with two attached hydrogens (primary N) is 1. The Morgan fingerprint density at radius 3 is 2.24 bits per heavy atom. The molecule has 7 heteroatoms. The van der Waals surface area contributed by atoms with Crippen molar-refractivity contribution in [1.82, 2.24) is 9.80 Å². The third kappa shape index (κ3) is 5.64. The summed E-state index contributed by atoms with van der Waals surface area (Å²) in [4.78, 5) is 42.5. The number of hydrogen-bond acceptors (Lipinski definition) is 5.